The van der Waals surface area contributed by atoms with Crippen LogP contribution in [0, 0.1) is 0 Å². The molecule has 1 saturated heterocycles. The summed E-state index contributed by atoms with van der Waals surface area (Å²) in [7, 11) is 3.00. The van der Waals surface area contributed by atoms with E-state index >= 15 is 0 Å². The molecule has 7 heteroatoms. The van der Waals surface area contributed by atoms with Gasteiger partial charge in [0.1, 0.15) is 11.5 Å². The number of rotatable bonds is 3. The van der Waals surface area contributed by atoms with Crippen molar-refractivity contribution < 1.29 is 28.9 Å². The molecule has 5 rings (SSSR count). The van der Waals surface area contributed by atoms with Gasteiger partial charge in [-0.15, -0.1) is 0 Å². The lowest BCUT2D eigenvalue weighted by Gasteiger charge is -2.32. The molecule has 2 aromatic rings. The summed E-state index contributed by atoms with van der Waals surface area (Å²) in [4.78, 5) is 24.5. The zero-order valence-corrected chi connectivity index (χ0v) is 21.2. The van der Waals surface area contributed by atoms with Crippen LogP contribution in [0.15, 0.2) is 77.1 Å². The second-order valence-electron chi connectivity index (χ2n) is 8.78. The number of carbonyl (C=O) groups is 2. The number of allylic oxidation sites excluding steroid dienone is 3. The van der Waals surface area contributed by atoms with Gasteiger partial charge in [-0.3, -0.25) is 4.79 Å². The molecule has 1 atom stereocenters. The van der Waals surface area contributed by atoms with Gasteiger partial charge in [0, 0.05) is 48.9 Å². The van der Waals surface area contributed by atoms with Gasteiger partial charge >= 0.3 is 5.97 Å². The monoisotopic (exact) mass is 493 g/mol. The lowest BCUT2D eigenvalue weighted by atomic mass is 9.78. The number of ketones is 1. The molecule has 0 aromatic heterocycles. The normalized spacial score (nSPS) is 18.6. The fourth-order valence-electron chi connectivity index (χ4n) is 4.41. The number of dihydropyridines is 1. The fraction of sp³-hybridized carbons (Fsp3) is 0.379. The standard InChI is InChI=1S/C19H21NO4.C6H6O.C4H8O/c1-11-14(19(22)24-3)10-15-16(20-11)8-12(9-17(15)21)13-6-4-5-7-18(13)23-2;7-6-4-2-1-3-5-6;1-2-4-5-3-1/h4-7,12,20H,8-10H2,1-3H3;1-5,7H;1-4H2. The van der Waals surface area contributed by atoms with Crippen LogP contribution in [0.5, 0.6) is 11.5 Å². The molecule has 1 fully saturated rings. The Morgan fingerprint density at radius 2 is 1.67 bits per heavy atom. The first-order valence-electron chi connectivity index (χ1n) is 12.2. The third kappa shape index (κ3) is 7.21. The van der Waals surface area contributed by atoms with Crippen LogP contribution < -0.4 is 10.1 Å². The minimum Gasteiger partial charge on any atom is -0.508 e. The second kappa shape index (κ2) is 13.5. The van der Waals surface area contributed by atoms with Gasteiger partial charge in [0.2, 0.25) is 0 Å². The maximum atomic E-state index is 12.7. The molecule has 2 N–H and O–H groups in total. The Balaban J connectivity index is 0.000000244. The van der Waals surface area contributed by atoms with Crippen molar-refractivity contribution in [3.05, 3.63) is 82.7 Å². The van der Waals surface area contributed by atoms with Crippen molar-refractivity contribution in [1.29, 1.82) is 0 Å². The highest BCUT2D eigenvalue weighted by Gasteiger charge is 2.34. The minimum atomic E-state index is -0.383. The average molecular weight is 494 g/mol. The molecule has 2 aromatic carbocycles. The van der Waals surface area contributed by atoms with E-state index in [1.54, 1.807) is 31.4 Å². The molecule has 1 unspecified atom stereocenters. The number of ether oxygens (including phenoxy) is 3. The van der Waals surface area contributed by atoms with Crippen LogP contribution in [0.4, 0.5) is 0 Å². The van der Waals surface area contributed by atoms with Crippen molar-refractivity contribution in [1.82, 2.24) is 5.32 Å². The van der Waals surface area contributed by atoms with Gasteiger partial charge in [-0.2, -0.15) is 0 Å². The first kappa shape index (κ1) is 27.0. The Bertz CT molecular complexity index is 1090. The zero-order chi connectivity index (χ0) is 25.9. The summed E-state index contributed by atoms with van der Waals surface area (Å²) in [6.07, 6.45) is 4.06. The largest absolute Gasteiger partial charge is 0.508 e. The van der Waals surface area contributed by atoms with Gasteiger partial charge < -0.3 is 24.6 Å². The topological polar surface area (TPSA) is 94.1 Å². The molecule has 7 nitrogen and oxygen atoms in total. The molecule has 0 saturated carbocycles. The van der Waals surface area contributed by atoms with E-state index in [-0.39, 0.29) is 17.7 Å². The molecule has 0 amide bonds. The van der Waals surface area contributed by atoms with Crippen molar-refractivity contribution in [2.75, 3.05) is 27.4 Å². The van der Waals surface area contributed by atoms with Crippen LogP contribution in [0.25, 0.3) is 0 Å². The van der Waals surface area contributed by atoms with E-state index in [9.17, 15) is 9.59 Å². The number of aromatic hydroxyl groups is 1. The highest BCUT2D eigenvalue weighted by Crippen LogP contribution is 2.41. The lowest BCUT2D eigenvalue weighted by molar-refractivity contribution is -0.136. The van der Waals surface area contributed by atoms with E-state index in [0.29, 0.717) is 29.7 Å². The SMILES string of the molecule is C1CCOC1.COC(=O)C1=C(C)NC2=C(C1)C(=O)CC(c1ccccc1OC)C2.Oc1ccccc1. The smallest absolute Gasteiger partial charge is 0.335 e. The molecule has 3 aliphatic rings. The van der Waals surface area contributed by atoms with Gasteiger partial charge in [0.05, 0.1) is 19.8 Å². The van der Waals surface area contributed by atoms with E-state index in [1.165, 1.54) is 20.0 Å². The molecule has 2 heterocycles. The summed E-state index contributed by atoms with van der Waals surface area (Å²) < 4.78 is 15.2. The Morgan fingerprint density at radius 3 is 2.22 bits per heavy atom. The summed E-state index contributed by atoms with van der Waals surface area (Å²) in [5.41, 5.74) is 3.94. The summed E-state index contributed by atoms with van der Waals surface area (Å²) in [6.45, 7) is 3.84. The van der Waals surface area contributed by atoms with Crippen molar-refractivity contribution in [3.63, 3.8) is 0 Å². The number of phenolic OH excluding ortho intramolecular Hbond substituents is 1. The predicted molar refractivity (Wildman–Crippen MR) is 138 cm³/mol. The van der Waals surface area contributed by atoms with Crippen LogP contribution in [-0.2, 0) is 19.1 Å². The average Bonchev–Trinajstić information content (AvgIpc) is 3.49. The number of hydrogen-bond acceptors (Lipinski definition) is 7. The third-order valence-electron chi connectivity index (χ3n) is 6.32. The van der Waals surface area contributed by atoms with Crippen LogP contribution in [-0.4, -0.2) is 44.3 Å². The van der Waals surface area contributed by atoms with Gasteiger partial charge in [-0.25, -0.2) is 4.79 Å². The van der Waals surface area contributed by atoms with E-state index in [2.05, 4.69) is 5.32 Å². The lowest BCUT2D eigenvalue weighted by Crippen LogP contribution is -2.31. The number of benzene rings is 2. The molecular formula is C29H35NO6. The summed E-state index contributed by atoms with van der Waals surface area (Å²) >= 11 is 0. The quantitative estimate of drug-likeness (QED) is 0.580. The van der Waals surface area contributed by atoms with Crippen molar-refractivity contribution in [2.24, 2.45) is 0 Å². The van der Waals surface area contributed by atoms with E-state index in [1.807, 2.05) is 37.3 Å². The predicted octanol–water partition coefficient (Wildman–Crippen LogP) is 5.03. The van der Waals surface area contributed by atoms with Crippen LogP contribution in [0.1, 0.15) is 50.5 Å². The van der Waals surface area contributed by atoms with Gasteiger partial charge in [-0.05, 0) is 49.9 Å². The number of methoxy groups -OCH3 is 2. The van der Waals surface area contributed by atoms with Crippen molar-refractivity contribution in [2.45, 2.75) is 44.9 Å². The van der Waals surface area contributed by atoms with E-state index in [0.717, 1.165) is 42.3 Å². The van der Waals surface area contributed by atoms with Gasteiger partial charge in [0.15, 0.2) is 5.78 Å². The van der Waals surface area contributed by atoms with Crippen LogP contribution in [0.2, 0.25) is 0 Å². The number of phenols is 1. The third-order valence-corrected chi connectivity index (χ3v) is 6.32. The molecule has 0 spiro atoms. The minimum absolute atomic E-state index is 0.0763. The molecule has 192 valence electrons. The fourth-order valence-corrected chi connectivity index (χ4v) is 4.41. The maximum Gasteiger partial charge on any atom is 0.335 e. The number of Topliss-reactive ketones (excluding diaryl/α,β-unsaturated/α-hetero) is 1. The Hall–Kier alpha value is -3.58. The first-order valence-corrected chi connectivity index (χ1v) is 12.2. The van der Waals surface area contributed by atoms with Gasteiger partial charge in [-0.1, -0.05) is 36.4 Å². The summed E-state index contributed by atoms with van der Waals surface area (Å²) in [6, 6.07) is 16.5. The number of hydrogen-bond donors (Lipinski definition) is 2. The van der Waals surface area contributed by atoms with E-state index < -0.39 is 0 Å². The molecule has 36 heavy (non-hydrogen) atoms. The molecule has 1 aliphatic carbocycles. The number of carbonyl (C=O) groups excluding carboxylic acids is 2. The zero-order valence-electron chi connectivity index (χ0n) is 21.2. The maximum absolute atomic E-state index is 12.7. The Labute approximate surface area is 212 Å². The molecule has 0 bridgehead atoms. The Kier molecular flexibility index (Phi) is 10.1. The van der Waals surface area contributed by atoms with Gasteiger partial charge in [0.25, 0.3) is 0 Å². The number of para-hydroxylation sites is 2. The van der Waals surface area contributed by atoms with Crippen molar-refractivity contribution in [3.8, 4) is 11.5 Å². The summed E-state index contributed by atoms with van der Waals surface area (Å²) in [5.74, 6) is 0.896. The molecule has 2 aliphatic heterocycles. The number of nitrogens with one attached hydrogen (secondary N) is 1. The highest BCUT2D eigenvalue weighted by molar-refractivity contribution is 6.01. The number of esters is 1. The highest BCUT2D eigenvalue weighted by atomic mass is 16.5. The second-order valence-corrected chi connectivity index (χ2v) is 8.78. The Morgan fingerprint density at radius 1 is 1.00 bits per heavy atom. The molecular weight excluding hydrogens is 458 g/mol. The van der Waals surface area contributed by atoms with Crippen LogP contribution >= 0.6 is 0 Å². The van der Waals surface area contributed by atoms with E-state index in [4.69, 9.17) is 19.3 Å². The van der Waals surface area contributed by atoms with Crippen molar-refractivity contribution >= 4 is 11.8 Å². The first-order chi connectivity index (χ1) is 17.4. The molecule has 0 radical (unpaired) electrons. The van der Waals surface area contributed by atoms with Crippen LogP contribution in [0.3, 0.4) is 0 Å². The summed E-state index contributed by atoms with van der Waals surface area (Å²) in [5, 5.41) is 11.9.